The van der Waals surface area contributed by atoms with Gasteiger partial charge < -0.3 is 14.6 Å². The number of hydrogen-bond donors (Lipinski definition) is 2. The third-order valence-corrected chi connectivity index (χ3v) is 5.95. The summed E-state index contributed by atoms with van der Waals surface area (Å²) in [5.74, 6) is 0. The van der Waals surface area contributed by atoms with Crippen molar-refractivity contribution < 1.29 is 9.84 Å². The molecule has 0 saturated heterocycles. The second-order valence-electron chi connectivity index (χ2n) is 6.84. The summed E-state index contributed by atoms with van der Waals surface area (Å²) in [7, 11) is 1.58. The van der Waals surface area contributed by atoms with Gasteiger partial charge in [0.25, 0.3) is 0 Å². The number of nitrogens with one attached hydrogen (secondary N) is 1. The summed E-state index contributed by atoms with van der Waals surface area (Å²) in [5, 5.41) is 13.2. The van der Waals surface area contributed by atoms with E-state index in [0.29, 0.717) is 6.42 Å². The standard InChI is InChI=1S/C21H23ClN2O2S2/c1-21(25,13-26-2)11-17-8-14(6-7-23-17)20-9-15(12-28-20)18-5-4-16(24-27-3)10-19(18)22/h4-10,12,24-25H,11,13H2,1-3H3. The number of aliphatic hydroxyl groups is 1. The van der Waals surface area contributed by atoms with Gasteiger partial charge >= 0.3 is 0 Å². The van der Waals surface area contributed by atoms with Crippen LogP contribution in [0.25, 0.3) is 21.6 Å². The van der Waals surface area contributed by atoms with Crippen LogP contribution in [0.2, 0.25) is 5.02 Å². The zero-order valence-electron chi connectivity index (χ0n) is 16.0. The van der Waals surface area contributed by atoms with Crippen LogP contribution < -0.4 is 4.72 Å². The quantitative estimate of drug-likeness (QED) is 0.441. The molecule has 7 heteroatoms. The lowest BCUT2D eigenvalue weighted by atomic mass is 9.99. The molecule has 4 nitrogen and oxygen atoms in total. The smallest absolute Gasteiger partial charge is 0.0907 e. The fourth-order valence-electron chi connectivity index (χ4n) is 3.04. The molecule has 0 aliphatic carbocycles. The Labute approximate surface area is 179 Å². The first kappa shape index (κ1) is 21.1. The van der Waals surface area contributed by atoms with E-state index in [9.17, 15) is 5.11 Å². The Morgan fingerprint density at radius 2 is 2.07 bits per heavy atom. The fourth-order valence-corrected chi connectivity index (χ4v) is 4.60. The molecule has 0 aliphatic heterocycles. The van der Waals surface area contributed by atoms with Gasteiger partial charge in [0.05, 0.1) is 17.2 Å². The molecule has 2 aromatic heterocycles. The molecule has 2 N–H and O–H groups in total. The van der Waals surface area contributed by atoms with Crippen LogP contribution in [0.5, 0.6) is 0 Å². The second-order valence-corrected chi connectivity index (χ2v) is 8.77. The van der Waals surface area contributed by atoms with Gasteiger partial charge in [0, 0.05) is 47.8 Å². The number of pyridine rings is 1. The highest BCUT2D eigenvalue weighted by atomic mass is 35.5. The van der Waals surface area contributed by atoms with Crippen LogP contribution in [0.4, 0.5) is 5.69 Å². The number of methoxy groups -OCH3 is 1. The van der Waals surface area contributed by atoms with E-state index in [1.807, 2.05) is 36.6 Å². The Kier molecular flexibility index (Phi) is 7.01. The molecule has 0 radical (unpaired) electrons. The molecular formula is C21H23ClN2O2S2. The number of ether oxygens (including phenoxy) is 1. The molecule has 1 unspecified atom stereocenters. The molecule has 28 heavy (non-hydrogen) atoms. The lowest BCUT2D eigenvalue weighted by molar-refractivity contribution is -0.0167. The molecule has 1 atom stereocenters. The largest absolute Gasteiger partial charge is 0.387 e. The van der Waals surface area contributed by atoms with Crippen molar-refractivity contribution in [2.24, 2.45) is 0 Å². The maximum atomic E-state index is 10.4. The molecule has 2 heterocycles. The average molecular weight is 435 g/mol. The van der Waals surface area contributed by atoms with Crippen molar-refractivity contribution in [1.82, 2.24) is 4.98 Å². The first-order valence-corrected chi connectivity index (χ1v) is 11.2. The molecule has 0 aliphatic rings. The highest BCUT2D eigenvalue weighted by Crippen LogP contribution is 2.37. The summed E-state index contributed by atoms with van der Waals surface area (Å²) >= 11 is 9.69. The van der Waals surface area contributed by atoms with E-state index in [-0.39, 0.29) is 6.61 Å². The van der Waals surface area contributed by atoms with Gasteiger partial charge in [-0.05, 0) is 53.8 Å². The molecule has 1 aromatic carbocycles. The molecule has 148 valence electrons. The predicted molar refractivity (Wildman–Crippen MR) is 121 cm³/mol. The number of halogens is 1. The predicted octanol–water partition coefficient (Wildman–Crippen LogP) is 5.76. The van der Waals surface area contributed by atoms with Crippen molar-refractivity contribution >= 4 is 40.6 Å². The number of hydrogen-bond acceptors (Lipinski definition) is 6. The minimum atomic E-state index is -0.943. The van der Waals surface area contributed by atoms with Crippen LogP contribution in [0.15, 0.2) is 48.0 Å². The number of anilines is 1. The molecule has 3 aromatic rings. The van der Waals surface area contributed by atoms with E-state index < -0.39 is 5.60 Å². The van der Waals surface area contributed by atoms with Gasteiger partial charge in [0.1, 0.15) is 0 Å². The number of rotatable bonds is 8. The Morgan fingerprint density at radius 3 is 2.79 bits per heavy atom. The molecule has 0 amide bonds. The third kappa shape index (κ3) is 5.27. The molecule has 0 spiro atoms. The van der Waals surface area contributed by atoms with Gasteiger partial charge in [-0.1, -0.05) is 29.6 Å². The van der Waals surface area contributed by atoms with Crippen molar-refractivity contribution in [3.05, 3.63) is 58.7 Å². The zero-order chi connectivity index (χ0) is 20.1. The van der Waals surface area contributed by atoms with Crippen molar-refractivity contribution in [1.29, 1.82) is 0 Å². The summed E-state index contributed by atoms with van der Waals surface area (Å²) in [6.45, 7) is 2.02. The zero-order valence-corrected chi connectivity index (χ0v) is 18.4. The van der Waals surface area contributed by atoms with Crippen LogP contribution in [0.3, 0.4) is 0 Å². The number of benzene rings is 1. The van der Waals surface area contributed by atoms with E-state index in [1.165, 1.54) is 11.9 Å². The monoisotopic (exact) mass is 434 g/mol. The topological polar surface area (TPSA) is 54.4 Å². The van der Waals surface area contributed by atoms with Gasteiger partial charge in [0.15, 0.2) is 0 Å². The van der Waals surface area contributed by atoms with Crippen LogP contribution >= 0.6 is 34.9 Å². The maximum absolute atomic E-state index is 10.4. The first-order chi connectivity index (χ1) is 13.4. The van der Waals surface area contributed by atoms with E-state index in [4.69, 9.17) is 16.3 Å². The van der Waals surface area contributed by atoms with E-state index in [2.05, 4.69) is 21.2 Å². The summed E-state index contributed by atoms with van der Waals surface area (Å²) in [6.07, 6.45) is 4.19. The molecule has 3 rings (SSSR count). The van der Waals surface area contributed by atoms with Crippen molar-refractivity contribution in [2.45, 2.75) is 18.9 Å². The third-order valence-electron chi connectivity index (χ3n) is 4.22. The summed E-state index contributed by atoms with van der Waals surface area (Å²) in [5.41, 5.74) is 4.05. The van der Waals surface area contributed by atoms with Gasteiger partial charge in [-0.2, -0.15) is 0 Å². The van der Waals surface area contributed by atoms with Gasteiger partial charge in [-0.25, -0.2) is 0 Å². The molecule has 0 fully saturated rings. The Balaban J connectivity index is 1.83. The molecule has 0 bridgehead atoms. The number of thiophene rings is 1. The molecule has 0 saturated carbocycles. The SMILES string of the molecule is COCC(C)(O)Cc1cc(-c2cc(-c3ccc(NSC)cc3Cl)cs2)ccn1. The minimum absolute atomic E-state index is 0.266. The van der Waals surface area contributed by atoms with Crippen LogP contribution in [0.1, 0.15) is 12.6 Å². The average Bonchev–Trinajstić information content (AvgIpc) is 3.12. The highest BCUT2D eigenvalue weighted by Gasteiger charge is 2.21. The summed E-state index contributed by atoms with van der Waals surface area (Å²) in [6, 6.07) is 12.1. The van der Waals surface area contributed by atoms with Crippen molar-refractivity contribution in [3.63, 3.8) is 0 Å². The Bertz CT molecular complexity index is 944. The van der Waals surface area contributed by atoms with E-state index >= 15 is 0 Å². The second kappa shape index (κ2) is 9.29. The highest BCUT2D eigenvalue weighted by molar-refractivity contribution is 7.99. The van der Waals surface area contributed by atoms with Crippen LogP contribution in [0, 0.1) is 0 Å². The fraction of sp³-hybridized carbons (Fsp3) is 0.286. The van der Waals surface area contributed by atoms with E-state index in [0.717, 1.165) is 38.0 Å². The summed E-state index contributed by atoms with van der Waals surface area (Å²) in [4.78, 5) is 5.53. The number of nitrogens with zero attached hydrogens (tertiary/aromatic N) is 1. The van der Waals surface area contributed by atoms with Crippen LogP contribution in [-0.2, 0) is 11.2 Å². The minimum Gasteiger partial charge on any atom is -0.387 e. The Morgan fingerprint density at radius 1 is 1.25 bits per heavy atom. The van der Waals surface area contributed by atoms with Crippen LogP contribution in [-0.4, -0.2) is 35.7 Å². The van der Waals surface area contributed by atoms with E-state index in [1.54, 1.807) is 31.6 Å². The lowest BCUT2D eigenvalue weighted by Crippen LogP contribution is -2.33. The van der Waals surface area contributed by atoms with Gasteiger partial charge in [-0.15, -0.1) is 11.3 Å². The number of aromatic nitrogens is 1. The summed E-state index contributed by atoms with van der Waals surface area (Å²) < 4.78 is 8.28. The normalized spacial score (nSPS) is 13.3. The molecular weight excluding hydrogens is 412 g/mol. The first-order valence-electron chi connectivity index (χ1n) is 8.76. The van der Waals surface area contributed by atoms with Gasteiger partial charge in [0.2, 0.25) is 0 Å². The van der Waals surface area contributed by atoms with Crippen molar-refractivity contribution in [3.8, 4) is 21.6 Å². The van der Waals surface area contributed by atoms with Crippen molar-refractivity contribution in [2.75, 3.05) is 24.7 Å². The maximum Gasteiger partial charge on any atom is 0.0907 e. The lowest BCUT2D eigenvalue weighted by Gasteiger charge is -2.21. The van der Waals surface area contributed by atoms with Gasteiger partial charge in [-0.3, -0.25) is 4.98 Å². The Hall–Kier alpha value is -1.57.